The van der Waals surface area contributed by atoms with Crippen molar-refractivity contribution in [3.63, 3.8) is 0 Å². The van der Waals surface area contributed by atoms with Gasteiger partial charge in [-0.25, -0.2) is 4.98 Å². The highest BCUT2D eigenvalue weighted by Crippen LogP contribution is 2.37. The van der Waals surface area contributed by atoms with Gasteiger partial charge in [-0.2, -0.15) is 4.39 Å². The molecule has 86 valence electrons. The maximum absolute atomic E-state index is 12.9. The minimum Gasteiger partial charge on any atom is -0.320 e. The summed E-state index contributed by atoms with van der Waals surface area (Å²) in [6.45, 7) is 0. The monoisotopic (exact) mass is 242 g/mol. The molecule has 5 heteroatoms. The van der Waals surface area contributed by atoms with Gasteiger partial charge in [0.05, 0.1) is 16.8 Å². The summed E-state index contributed by atoms with van der Waals surface area (Å²) in [4.78, 5) is 14.9. The molecule has 0 unspecified atom stereocenters. The molecule has 1 aromatic rings. The molecule has 0 bridgehead atoms. The first kappa shape index (κ1) is 11.5. The maximum Gasteiger partial charge on any atom is 0.334 e. The van der Waals surface area contributed by atoms with Crippen LogP contribution in [0.25, 0.3) is 0 Å². The van der Waals surface area contributed by atoms with Crippen LogP contribution in [0.2, 0.25) is 5.15 Å². The lowest BCUT2D eigenvalue weighted by atomic mass is 9.91. The maximum atomic E-state index is 12.9. The number of hydrogen-bond acceptors (Lipinski definition) is 3. The summed E-state index contributed by atoms with van der Waals surface area (Å²) in [6, 6.07) is 1.24. The summed E-state index contributed by atoms with van der Waals surface area (Å²) < 4.78 is 12.9. The average Bonchev–Trinajstić information content (AvgIpc) is 2.66. The van der Waals surface area contributed by atoms with Crippen molar-refractivity contribution in [2.45, 2.75) is 31.2 Å². The number of nitrogens with two attached hydrogens (primary N) is 1. The van der Waals surface area contributed by atoms with Crippen LogP contribution in [0, 0.1) is 0 Å². The Morgan fingerprint density at radius 1 is 1.44 bits per heavy atom. The van der Waals surface area contributed by atoms with Gasteiger partial charge in [-0.05, 0) is 25.0 Å². The molecule has 0 spiro atoms. The molecule has 1 saturated carbocycles. The Hall–Kier alpha value is -1.00. The van der Waals surface area contributed by atoms with E-state index in [0.717, 1.165) is 12.8 Å². The van der Waals surface area contributed by atoms with Crippen molar-refractivity contribution in [2.75, 3.05) is 0 Å². The van der Waals surface area contributed by atoms with E-state index in [9.17, 15) is 9.18 Å². The van der Waals surface area contributed by atoms with Crippen LogP contribution in [0.5, 0.6) is 0 Å². The topological polar surface area (TPSA) is 56.0 Å². The minimum absolute atomic E-state index is 0.0613. The van der Waals surface area contributed by atoms with E-state index in [1.807, 2.05) is 0 Å². The number of carbonyl (C=O) groups excluding carboxylic acids is 1. The van der Waals surface area contributed by atoms with Crippen LogP contribution in [0.15, 0.2) is 12.1 Å². The Morgan fingerprint density at radius 2 is 2.06 bits per heavy atom. The summed E-state index contributed by atoms with van der Waals surface area (Å²) >= 11 is 5.76. The fourth-order valence-electron chi connectivity index (χ4n) is 2.22. The molecule has 1 aliphatic rings. The fraction of sp³-hybridized carbons (Fsp3) is 0.455. The van der Waals surface area contributed by atoms with Crippen LogP contribution >= 0.6 is 11.6 Å². The molecule has 0 aliphatic heterocycles. The van der Waals surface area contributed by atoms with E-state index >= 15 is 0 Å². The van der Waals surface area contributed by atoms with Crippen molar-refractivity contribution in [1.29, 1.82) is 0 Å². The molecular weight excluding hydrogens is 231 g/mol. The number of nitrogens with zero attached hydrogens (tertiary/aromatic N) is 1. The quantitative estimate of drug-likeness (QED) is 0.641. The van der Waals surface area contributed by atoms with Gasteiger partial charge in [0.2, 0.25) is 0 Å². The molecule has 0 aromatic carbocycles. The normalized spacial score (nSPS) is 18.7. The molecule has 2 rings (SSSR count). The largest absolute Gasteiger partial charge is 0.334 e. The summed E-state index contributed by atoms with van der Waals surface area (Å²) in [5.74, 6) is 0. The van der Waals surface area contributed by atoms with Gasteiger partial charge in [0.25, 0.3) is 0 Å². The summed E-state index contributed by atoms with van der Waals surface area (Å²) in [5.41, 5.74) is 5.68. The van der Waals surface area contributed by atoms with E-state index in [1.165, 1.54) is 12.1 Å². The van der Waals surface area contributed by atoms with Crippen molar-refractivity contribution in [3.05, 3.63) is 28.5 Å². The SMILES string of the molecule is NC1(c2nc(Cl)ccc2C(=O)F)CCCC1. The van der Waals surface area contributed by atoms with E-state index in [-0.39, 0.29) is 10.7 Å². The number of aromatic nitrogens is 1. The smallest absolute Gasteiger partial charge is 0.320 e. The van der Waals surface area contributed by atoms with Gasteiger partial charge in [-0.3, -0.25) is 4.79 Å². The molecular formula is C11H12ClFN2O. The first-order valence-corrected chi connectivity index (χ1v) is 5.56. The van der Waals surface area contributed by atoms with Crippen molar-refractivity contribution in [2.24, 2.45) is 5.73 Å². The third-order valence-corrected chi connectivity index (χ3v) is 3.25. The van der Waals surface area contributed by atoms with Gasteiger partial charge < -0.3 is 5.73 Å². The average molecular weight is 243 g/mol. The van der Waals surface area contributed by atoms with Gasteiger partial charge in [0.15, 0.2) is 0 Å². The van der Waals surface area contributed by atoms with Gasteiger partial charge in [0, 0.05) is 0 Å². The molecule has 0 atom stereocenters. The van der Waals surface area contributed by atoms with Crippen LogP contribution in [0.1, 0.15) is 41.7 Å². The van der Waals surface area contributed by atoms with Crippen molar-refractivity contribution in [3.8, 4) is 0 Å². The molecule has 2 N–H and O–H groups in total. The first-order valence-electron chi connectivity index (χ1n) is 5.19. The Labute approximate surface area is 97.8 Å². The van der Waals surface area contributed by atoms with Gasteiger partial charge in [-0.15, -0.1) is 0 Å². The van der Waals surface area contributed by atoms with Gasteiger partial charge in [0.1, 0.15) is 5.15 Å². The highest BCUT2D eigenvalue weighted by atomic mass is 35.5. The Morgan fingerprint density at radius 3 is 2.62 bits per heavy atom. The minimum atomic E-state index is -1.50. The number of rotatable bonds is 2. The molecule has 1 fully saturated rings. The third kappa shape index (κ3) is 1.95. The molecule has 3 nitrogen and oxygen atoms in total. The number of carbonyl (C=O) groups is 1. The highest BCUT2D eigenvalue weighted by Gasteiger charge is 2.36. The lowest BCUT2D eigenvalue weighted by Crippen LogP contribution is -2.35. The predicted molar refractivity (Wildman–Crippen MR) is 59.0 cm³/mol. The van der Waals surface area contributed by atoms with E-state index in [2.05, 4.69) is 4.98 Å². The van der Waals surface area contributed by atoms with E-state index in [4.69, 9.17) is 17.3 Å². The van der Waals surface area contributed by atoms with Gasteiger partial charge in [-0.1, -0.05) is 24.4 Å². The van der Waals surface area contributed by atoms with Crippen LogP contribution in [0.4, 0.5) is 4.39 Å². The molecule has 0 amide bonds. The second-order valence-electron chi connectivity index (χ2n) is 4.17. The second-order valence-corrected chi connectivity index (χ2v) is 4.55. The van der Waals surface area contributed by atoms with Crippen LogP contribution in [-0.4, -0.2) is 11.0 Å². The molecule has 1 aromatic heterocycles. The third-order valence-electron chi connectivity index (χ3n) is 3.04. The van der Waals surface area contributed by atoms with Crippen LogP contribution in [0.3, 0.4) is 0 Å². The molecule has 1 heterocycles. The number of halogens is 2. The Kier molecular flexibility index (Phi) is 2.95. The molecule has 0 saturated heterocycles. The highest BCUT2D eigenvalue weighted by molar-refractivity contribution is 6.29. The zero-order valence-corrected chi connectivity index (χ0v) is 9.43. The van der Waals surface area contributed by atoms with Crippen molar-refractivity contribution >= 4 is 17.6 Å². The van der Waals surface area contributed by atoms with Gasteiger partial charge >= 0.3 is 6.04 Å². The first-order chi connectivity index (χ1) is 7.53. The van der Waals surface area contributed by atoms with Crippen molar-refractivity contribution in [1.82, 2.24) is 4.98 Å². The lowest BCUT2D eigenvalue weighted by Gasteiger charge is -2.24. The Bertz CT molecular complexity index is 430. The van der Waals surface area contributed by atoms with Crippen LogP contribution in [-0.2, 0) is 5.54 Å². The van der Waals surface area contributed by atoms with Crippen molar-refractivity contribution < 1.29 is 9.18 Å². The molecule has 0 radical (unpaired) electrons. The van der Waals surface area contributed by atoms with E-state index < -0.39 is 11.6 Å². The number of hydrogen-bond donors (Lipinski definition) is 1. The van der Waals surface area contributed by atoms with E-state index in [1.54, 1.807) is 0 Å². The Balaban J connectivity index is 2.52. The zero-order chi connectivity index (χ0) is 11.8. The molecule has 16 heavy (non-hydrogen) atoms. The number of pyridine rings is 1. The predicted octanol–water partition coefficient (Wildman–Crippen LogP) is 2.57. The standard InChI is InChI=1S/C11H12ClFN2O/c12-8-4-3-7(10(13)16)9(15-8)11(14)5-1-2-6-11/h3-4H,1-2,5-6,14H2. The van der Waals surface area contributed by atoms with Crippen LogP contribution < -0.4 is 5.73 Å². The fourth-order valence-corrected chi connectivity index (χ4v) is 2.36. The van der Waals surface area contributed by atoms with E-state index in [0.29, 0.717) is 18.5 Å². The summed E-state index contributed by atoms with van der Waals surface area (Å²) in [6.07, 6.45) is 3.34. The summed E-state index contributed by atoms with van der Waals surface area (Å²) in [7, 11) is 0. The lowest BCUT2D eigenvalue weighted by molar-refractivity contribution is 0.0832. The zero-order valence-electron chi connectivity index (χ0n) is 8.67. The second kappa shape index (κ2) is 4.11. The summed E-state index contributed by atoms with van der Waals surface area (Å²) in [5, 5.41) is 0.233. The molecule has 1 aliphatic carbocycles.